The second-order valence-electron chi connectivity index (χ2n) is 6.80. The van der Waals surface area contributed by atoms with E-state index in [4.69, 9.17) is 5.73 Å². The van der Waals surface area contributed by atoms with Gasteiger partial charge < -0.3 is 16.2 Å². The summed E-state index contributed by atoms with van der Waals surface area (Å²) in [5, 5.41) is 12.4. The van der Waals surface area contributed by atoms with E-state index in [1.165, 1.54) is 31.2 Å². The number of carbonyl (C=O) groups excluding carboxylic acids is 2. The average Bonchev–Trinajstić information content (AvgIpc) is 3.10. The van der Waals surface area contributed by atoms with Crippen molar-refractivity contribution in [3.05, 3.63) is 64.9 Å². The number of alkyl halides is 1. The van der Waals surface area contributed by atoms with Crippen molar-refractivity contribution >= 4 is 33.8 Å². The zero-order valence-electron chi connectivity index (χ0n) is 16.3. The van der Waals surface area contributed by atoms with Crippen LogP contribution in [-0.4, -0.2) is 34.6 Å². The van der Waals surface area contributed by atoms with E-state index in [0.29, 0.717) is 0 Å². The minimum absolute atomic E-state index is 0.0316. The van der Waals surface area contributed by atoms with Gasteiger partial charge in [0.2, 0.25) is 5.78 Å². The average molecular weight is 449 g/mol. The molecule has 6 nitrogen and oxygen atoms in total. The van der Waals surface area contributed by atoms with E-state index in [2.05, 4.69) is 10.3 Å². The summed E-state index contributed by atoms with van der Waals surface area (Å²) >= 11 is 0.864. The van der Waals surface area contributed by atoms with Crippen LogP contribution in [0, 0.1) is 11.6 Å². The van der Waals surface area contributed by atoms with Crippen LogP contribution in [0.1, 0.15) is 33.3 Å². The number of hydrogen-bond acceptors (Lipinski definition) is 6. The Balaban J connectivity index is 2.00. The van der Waals surface area contributed by atoms with Crippen molar-refractivity contribution in [3.63, 3.8) is 0 Å². The summed E-state index contributed by atoms with van der Waals surface area (Å²) in [6, 6.07) is 7.77. The highest BCUT2D eigenvalue weighted by atomic mass is 32.1. The Hall–Kier alpha value is -3.24. The van der Waals surface area contributed by atoms with Gasteiger partial charge in [0.15, 0.2) is 6.67 Å². The van der Waals surface area contributed by atoms with E-state index in [-0.39, 0.29) is 44.5 Å². The topological polar surface area (TPSA) is 105 Å². The van der Waals surface area contributed by atoms with Crippen LogP contribution < -0.4 is 11.1 Å². The third-order valence-electron chi connectivity index (χ3n) is 4.27. The van der Waals surface area contributed by atoms with Gasteiger partial charge in [0.1, 0.15) is 28.1 Å². The van der Waals surface area contributed by atoms with Crippen LogP contribution in [0.25, 0.3) is 10.4 Å². The van der Waals surface area contributed by atoms with Gasteiger partial charge in [-0.25, -0.2) is 18.2 Å². The molecule has 2 aromatic heterocycles. The van der Waals surface area contributed by atoms with E-state index in [9.17, 15) is 27.9 Å². The monoisotopic (exact) mass is 449 g/mol. The SMILES string of the molecule is CC(O)Cc1cc(F)c(-c2cc(C(N)=O)c(Nc3cccc(C(=O)CF)n3)s2)c(F)c1. The molecule has 1 atom stereocenters. The molecule has 162 valence electrons. The van der Waals surface area contributed by atoms with Crippen LogP contribution in [-0.2, 0) is 6.42 Å². The van der Waals surface area contributed by atoms with E-state index in [0.717, 1.165) is 23.5 Å². The van der Waals surface area contributed by atoms with Crippen LogP contribution in [0.15, 0.2) is 36.4 Å². The van der Waals surface area contributed by atoms with Crippen molar-refractivity contribution in [2.75, 3.05) is 12.0 Å². The number of carbonyl (C=O) groups is 2. The molecule has 3 aromatic rings. The predicted molar refractivity (Wildman–Crippen MR) is 111 cm³/mol. The number of anilines is 2. The van der Waals surface area contributed by atoms with Gasteiger partial charge in [-0.15, -0.1) is 11.3 Å². The number of aromatic nitrogens is 1. The van der Waals surface area contributed by atoms with Crippen molar-refractivity contribution in [1.82, 2.24) is 4.98 Å². The van der Waals surface area contributed by atoms with Gasteiger partial charge in [-0.05, 0) is 49.2 Å². The molecule has 31 heavy (non-hydrogen) atoms. The molecule has 0 aliphatic rings. The molecule has 3 rings (SSSR count). The van der Waals surface area contributed by atoms with Crippen LogP contribution in [0.5, 0.6) is 0 Å². The maximum absolute atomic E-state index is 14.7. The summed E-state index contributed by atoms with van der Waals surface area (Å²) in [4.78, 5) is 27.5. The number of primary amides is 1. The van der Waals surface area contributed by atoms with Crippen molar-refractivity contribution in [2.24, 2.45) is 5.73 Å². The van der Waals surface area contributed by atoms with Crippen LogP contribution >= 0.6 is 11.3 Å². The van der Waals surface area contributed by atoms with Crippen LogP contribution in [0.4, 0.5) is 24.0 Å². The number of aliphatic hydroxyl groups excluding tert-OH is 1. The standard InChI is InChI=1S/C21H18F3N3O3S/c1-10(28)5-11-6-13(23)19(14(24)7-11)17-8-12(20(25)30)21(31-17)27-18-4-2-3-15(26-18)16(29)9-22/h2-4,6-8,10,28H,5,9H2,1H3,(H2,25,30)(H,26,27). The number of hydrogen-bond donors (Lipinski definition) is 3. The molecular weight excluding hydrogens is 431 g/mol. The lowest BCUT2D eigenvalue weighted by Gasteiger charge is -2.08. The number of Topliss-reactive ketones (excluding diaryl/α,β-unsaturated/α-hetero) is 1. The number of ketones is 1. The smallest absolute Gasteiger partial charge is 0.251 e. The predicted octanol–water partition coefficient (Wildman–Crippen LogP) is 4.01. The maximum atomic E-state index is 14.7. The van der Waals surface area contributed by atoms with E-state index >= 15 is 0 Å². The first-order chi connectivity index (χ1) is 14.7. The fourth-order valence-corrected chi connectivity index (χ4v) is 4.07. The third-order valence-corrected chi connectivity index (χ3v) is 5.34. The van der Waals surface area contributed by atoms with Gasteiger partial charge in [-0.3, -0.25) is 9.59 Å². The molecule has 1 unspecified atom stereocenters. The Kier molecular flexibility index (Phi) is 6.71. The summed E-state index contributed by atoms with van der Waals surface area (Å²) < 4.78 is 41.9. The summed E-state index contributed by atoms with van der Waals surface area (Å²) in [7, 11) is 0. The maximum Gasteiger partial charge on any atom is 0.251 e. The second kappa shape index (κ2) is 9.27. The number of pyridine rings is 1. The molecular formula is C21H18F3N3O3S. The number of amides is 1. The van der Waals surface area contributed by atoms with Crippen molar-refractivity contribution < 1.29 is 27.9 Å². The largest absolute Gasteiger partial charge is 0.393 e. The molecule has 0 radical (unpaired) electrons. The Labute approximate surface area is 179 Å². The molecule has 4 N–H and O–H groups in total. The first kappa shape index (κ1) is 22.4. The molecule has 0 fully saturated rings. The van der Waals surface area contributed by atoms with Gasteiger partial charge in [0, 0.05) is 4.88 Å². The normalized spacial score (nSPS) is 11.9. The first-order valence-electron chi connectivity index (χ1n) is 9.12. The van der Waals surface area contributed by atoms with Crippen LogP contribution in [0.2, 0.25) is 0 Å². The van der Waals surface area contributed by atoms with Gasteiger partial charge in [-0.1, -0.05) is 6.07 Å². The lowest BCUT2D eigenvalue weighted by molar-refractivity contribution is 0.0952. The van der Waals surface area contributed by atoms with Gasteiger partial charge in [0.05, 0.1) is 17.2 Å². The molecule has 0 saturated carbocycles. The highest BCUT2D eigenvalue weighted by molar-refractivity contribution is 7.20. The van der Waals surface area contributed by atoms with Crippen molar-refractivity contribution in [2.45, 2.75) is 19.4 Å². The number of aliphatic hydroxyl groups is 1. The van der Waals surface area contributed by atoms with Crippen molar-refractivity contribution in [3.8, 4) is 10.4 Å². The highest BCUT2D eigenvalue weighted by Gasteiger charge is 2.21. The van der Waals surface area contributed by atoms with E-state index in [1.54, 1.807) is 0 Å². The lowest BCUT2D eigenvalue weighted by Crippen LogP contribution is -2.12. The summed E-state index contributed by atoms with van der Waals surface area (Å²) in [6.07, 6.45) is -0.687. The number of nitrogens with zero attached hydrogens (tertiary/aromatic N) is 1. The Morgan fingerprint density at radius 2 is 1.90 bits per heavy atom. The van der Waals surface area contributed by atoms with Crippen molar-refractivity contribution in [1.29, 1.82) is 0 Å². The molecule has 0 aliphatic carbocycles. The zero-order chi connectivity index (χ0) is 22.7. The zero-order valence-corrected chi connectivity index (χ0v) is 17.1. The molecule has 0 bridgehead atoms. The number of nitrogens with two attached hydrogens (primary N) is 1. The second-order valence-corrected chi connectivity index (χ2v) is 7.85. The number of thiophene rings is 1. The summed E-state index contributed by atoms with van der Waals surface area (Å²) in [6.45, 7) is 0.292. The lowest BCUT2D eigenvalue weighted by atomic mass is 10.0. The number of benzene rings is 1. The minimum atomic E-state index is -1.21. The minimum Gasteiger partial charge on any atom is -0.393 e. The Morgan fingerprint density at radius 1 is 1.23 bits per heavy atom. The Bertz CT molecular complexity index is 1120. The number of halogens is 3. The first-order valence-corrected chi connectivity index (χ1v) is 9.94. The summed E-state index contributed by atoms with van der Waals surface area (Å²) in [5.74, 6) is -3.23. The highest BCUT2D eigenvalue weighted by Crippen LogP contribution is 2.39. The van der Waals surface area contributed by atoms with Gasteiger partial charge in [0.25, 0.3) is 5.91 Å². The summed E-state index contributed by atoms with van der Waals surface area (Å²) in [5.41, 5.74) is 5.20. The third kappa shape index (κ3) is 5.09. The fourth-order valence-electron chi connectivity index (χ4n) is 2.95. The molecule has 1 amide bonds. The molecule has 2 heterocycles. The van der Waals surface area contributed by atoms with Gasteiger partial charge in [-0.2, -0.15) is 0 Å². The Morgan fingerprint density at radius 3 is 2.48 bits per heavy atom. The van der Waals surface area contributed by atoms with Gasteiger partial charge >= 0.3 is 0 Å². The number of nitrogens with one attached hydrogen (secondary N) is 1. The molecule has 0 spiro atoms. The number of rotatable bonds is 8. The molecule has 0 saturated heterocycles. The molecule has 10 heteroatoms. The van der Waals surface area contributed by atoms with Crippen LogP contribution in [0.3, 0.4) is 0 Å². The van der Waals surface area contributed by atoms with E-state index in [1.807, 2.05) is 0 Å². The van der Waals surface area contributed by atoms with E-state index < -0.39 is 36.1 Å². The molecule has 0 aliphatic heterocycles. The molecule has 1 aromatic carbocycles. The quantitative estimate of drug-likeness (QED) is 0.451. The fraction of sp³-hybridized carbons (Fsp3) is 0.190.